The summed E-state index contributed by atoms with van der Waals surface area (Å²) in [5, 5.41) is 38.6. The molecule has 0 saturated carbocycles. The molecule has 0 spiro atoms. The predicted molar refractivity (Wildman–Crippen MR) is 80.1 cm³/mol. The summed E-state index contributed by atoms with van der Waals surface area (Å²) < 4.78 is 0. The first kappa shape index (κ1) is 20.2. The Morgan fingerprint density at radius 2 is 1.05 bits per heavy atom. The quantitative estimate of drug-likeness (QED) is 0.249. The van der Waals surface area contributed by atoms with Crippen LogP contribution in [0.1, 0.15) is 12.8 Å². The fraction of sp³-hybridized carbons (Fsp3) is 0.714. The zero-order chi connectivity index (χ0) is 15.8. The van der Waals surface area contributed by atoms with Gasteiger partial charge in [0, 0.05) is 39.4 Å². The molecule has 0 unspecified atom stereocenters. The molecular formula is C14H28N2O5. The maximum absolute atomic E-state index is 9.03. The van der Waals surface area contributed by atoms with Crippen LogP contribution in [0.25, 0.3) is 0 Å². The molecule has 0 saturated heterocycles. The fourth-order valence-electron chi connectivity index (χ4n) is 1.49. The van der Waals surface area contributed by atoms with Gasteiger partial charge in [-0.2, -0.15) is 10.1 Å². The van der Waals surface area contributed by atoms with Crippen molar-refractivity contribution in [2.24, 2.45) is 0 Å². The second-order valence-corrected chi connectivity index (χ2v) is 4.27. The van der Waals surface area contributed by atoms with Crippen molar-refractivity contribution in [3.05, 3.63) is 24.3 Å². The largest absolute Gasteiger partial charge is 0.396 e. The molecule has 0 rings (SSSR count). The van der Waals surface area contributed by atoms with Crippen LogP contribution in [-0.2, 0) is 4.94 Å². The molecule has 4 N–H and O–H groups in total. The SMILES string of the molecule is OCCC=CCN(CCO)ON(CC=CCCO)CCO. The third-order valence-electron chi connectivity index (χ3n) is 2.47. The van der Waals surface area contributed by atoms with Crippen molar-refractivity contribution in [3.8, 4) is 0 Å². The summed E-state index contributed by atoms with van der Waals surface area (Å²) in [4.78, 5) is 5.61. The second-order valence-electron chi connectivity index (χ2n) is 4.27. The summed E-state index contributed by atoms with van der Waals surface area (Å²) in [5.41, 5.74) is 0. The van der Waals surface area contributed by atoms with E-state index >= 15 is 0 Å². The van der Waals surface area contributed by atoms with E-state index in [1.165, 1.54) is 0 Å². The van der Waals surface area contributed by atoms with E-state index in [-0.39, 0.29) is 26.4 Å². The Kier molecular flexibility index (Phi) is 15.0. The molecule has 0 heterocycles. The molecule has 7 nitrogen and oxygen atoms in total. The summed E-state index contributed by atoms with van der Waals surface area (Å²) in [6.07, 6.45) is 8.54. The van der Waals surface area contributed by atoms with Crippen LogP contribution >= 0.6 is 0 Å². The Labute approximate surface area is 126 Å². The molecule has 0 aromatic heterocycles. The fourth-order valence-corrected chi connectivity index (χ4v) is 1.49. The zero-order valence-corrected chi connectivity index (χ0v) is 12.5. The van der Waals surface area contributed by atoms with Crippen molar-refractivity contribution in [1.82, 2.24) is 10.1 Å². The lowest BCUT2D eigenvalue weighted by Crippen LogP contribution is -2.38. The Morgan fingerprint density at radius 3 is 1.38 bits per heavy atom. The lowest BCUT2D eigenvalue weighted by molar-refractivity contribution is -0.320. The number of hydroxylamine groups is 4. The topological polar surface area (TPSA) is 96.6 Å². The summed E-state index contributed by atoms with van der Waals surface area (Å²) in [6, 6.07) is 0. The molecule has 0 aliphatic rings. The number of rotatable bonds is 14. The molecule has 0 aliphatic heterocycles. The third kappa shape index (κ3) is 12.6. The lowest BCUT2D eigenvalue weighted by Gasteiger charge is -2.26. The van der Waals surface area contributed by atoms with Crippen molar-refractivity contribution in [1.29, 1.82) is 0 Å². The first-order valence-electron chi connectivity index (χ1n) is 7.19. The monoisotopic (exact) mass is 304 g/mol. The summed E-state index contributed by atoms with van der Waals surface area (Å²) in [7, 11) is 0. The standard InChI is InChI=1S/C14H28N2O5/c17-11-5-1-3-7-15(9-13-19)21-16(10-14-20)8-4-2-6-12-18/h1-4,17-20H,5-14H2. The van der Waals surface area contributed by atoms with Crippen LogP contribution in [0.4, 0.5) is 0 Å². The van der Waals surface area contributed by atoms with Crippen LogP contribution in [0, 0.1) is 0 Å². The maximum Gasteiger partial charge on any atom is 0.0582 e. The zero-order valence-electron chi connectivity index (χ0n) is 12.5. The number of aliphatic hydroxyl groups excluding tert-OH is 4. The highest BCUT2D eigenvalue weighted by atomic mass is 16.8. The smallest absolute Gasteiger partial charge is 0.0582 e. The Morgan fingerprint density at radius 1 is 0.619 bits per heavy atom. The number of hydrogen-bond acceptors (Lipinski definition) is 7. The van der Waals surface area contributed by atoms with Crippen molar-refractivity contribution >= 4 is 0 Å². The van der Waals surface area contributed by atoms with Gasteiger partial charge in [-0.1, -0.05) is 24.3 Å². The summed E-state index contributed by atoms with van der Waals surface area (Å²) >= 11 is 0. The van der Waals surface area contributed by atoms with Crippen LogP contribution in [-0.4, -0.2) is 83.2 Å². The van der Waals surface area contributed by atoms with Crippen molar-refractivity contribution in [2.45, 2.75) is 12.8 Å². The minimum atomic E-state index is -0.0405. The maximum atomic E-state index is 9.03. The molecule has 21 heavy (non-hydrogen) atoms. The molecule has 0 aromatic carbocycles. The van der Waals surface area contributed by atoms with Crippen LogP contribution in [0.2, 0.25) is 0 Å². The third-order valence-corrected chi connectivity index (χ3v) is 2.47. The van der Waals surface area contributed by atoms with Gasteiger partial charge in [0.15, 0.2) is 0 Å². The van der Waals surface area contributed by atoms with Gasteiger partial charge in [-0.25, -0.2) is 4.94 Å². The molecule has 0 aromatic rings. The van der Waals surface area contributed by atoms with Gasteiger partial charge in [-0.3, -0.25) is 0 Å². The Hall–Kier alpha value is -0.800. The summed E-state index contributed by atoms with van der Waals surface area (Å²) in [5.74, 6) is 0. The summed E-state index contributed by atoms with van der Waals surface area (Å²) in [6.45, 7) is 1.75. The van der Waals surface area contributed by atoms with E-state index in [4.69, 9.17) is 25.4 Å². The number of nitrogens with zero attached hydrogens (tertiary/aromatic N) is 2. The molecule has 0 radical (unpaired) electrons. The van der Waals surface area contributed by atoms with E-state index in [1.54, 1.807) is 10.1 Å². The van der Waals surface area contributed by atoms with Gasteiger partial charge >= 0.3 is 0 Å². The molecule has 0 fully saturated rings. The predicted octanol–water partition coefficient (Wildman–Crippen LogP) is -0.701. The van der Waals surface area contributed by atoms with Gasteiger partial charge in [0.1, 0.15) is 0 Å². The van der Waals surface area contributed by atoms with Crippen molar-refractivity contribution in [3.63, 3.8) is 0 Å². The van der Waals surface area contributed by atoms with E-state index in [9.17, 15) is 0 Å². The van der Waals surface area contributed by atoms with Gasteiger partial charge < -0.3 is 20.4 Å². The van der Waals surface area contributed by atoms with Gasteiger partial charge in [-0.05, 0) is 12.8 Å². The van der Waals surface area contributed by atoms with E-state index in [0.29, 0.717) is 39.0 Å². The Balaban J connectivity index is 4.29. The van der Waals surface area contributed by atoms with Gasteiger partial charge in [-0.15, -0.1) is 0 Å². The molecule has 0 aliphatic carbocycles. The molecule has 7 heteroatoms. The van der Waals surface area contributed by atoms with E-state index in [2.05, 4.69) is 0 Å². The van der Waals surface area contributed by atoms with Crippen LogP contribution in [0.5, 0.6) is 0 Å². The van der Waals surface area contributed by atoms with Crippen molar-refractivity contribution < 1.29 is 25.4 Å². The first-order chi connectivity index (χ1) is 10.3. The average molecular weight is 304 g/mol. The molecule has 124 valence electrons. The Bertz CT molecular complexity index is 248. The normalized spacial score (nSPS) is 12.5. The van der Waals surface area contributed by atoms with E-state index in [0.717, 1.165) is 0 Å². The van der Waals surface area contributed by atoms with Gasteiger partial charge in [0.2, 0.25) is 0 Å². The second kappa shape index (κ2) is 15.6. The van der Waals surface area contributed by atoms with Gasteiger partial charge in [0.25, 0.3) is 0 Å². The van der Waals surface area contributed by atoms with Crippen LogP contribution < -0.4 is 0 Å². The van der Waals surface area contributed by atoms with E-state index in [1.807, 2.05) is 24.3 Å². The lowest BCUT2D eigenvalue weighted by atomic mass is 10.4. The van der Waals surface area contributed by atoms with Crippen LogP contribution in [0.15, 0.2) is 24.3 Å². The van der Waals surface area contributed by atoms with Crippen LogP contribution in [0.3, 0.4) is 0 Å². The van der Waals surface area contributed by atoms with Crippen molar-refractivity contribution in [2.75, 3.05) is 52.6 Å². The molecule has 0 amide bonds. The highest BCUT2D eigenvalue weighted by Gasteiger charge is 2.09. The highest BCUT2D eigenvalue weighted by molar-refractivity contribution is 4.84. The molecular weight excluding hydrogens is 276 g/mol. The van der Waals surface area contributed by atoms with Gasteiger partial charge in [0.05, 0.1) is 13.2 Å². The minimum absolute atomic E-state index is 0.0405. The first-order valence-corrected chi connectivity index (χ1v) is 7.19. The highest BCUT2D eigenvalue weighted by Crippen LogP contribution is 1.99. The average Bonchev–Trinajstić information content (AvgIpc) is 2.48. The molecule has 0 bridgehead atoms. The molecule has 0 atom stereocenters. The minimum Gasteiger partial charge on any atom is -0.396 e. The number of aliphatic hydroxyl groups is 4. The van der Waals surface area contributed by atoms with E-state index < -0.39 is 0 Å². The number of hydrogen-bond donors (Lipinski definition) is 4.